The second kappa shape index (κ2) is 11.0. The van der Waals surface area contributed by atoms with Gasteiger partial charge in [0, 0.05) is 26.1 Å². The van der Waals surface area contributed by atoms with Gasteiger partial charge < -0.3 is 14.7 Å². The van der Waals surface area contributed by atoms with Crippen molar-refractivity contribution in [3.63, 3.8) is 0 Å². The van der Waals surface area contributed by atoms with Crippen LogP contribution in [-0.4, -0.2) is 47.6 Å². The molecule has 1 aliphatic heterocycles. The van der Waals surface area contributed by atoms with Crippen LogP contribution in [0.4, 0.5) is 8.78 Å². The highest BCUT2D eigenvalue weighted by molar-refractivity contribution is 6.01. The van der Waals surface area contributed by atoms with Crippen molar-refractivity contribution in [2.24, 2.45) is 5.16 Å². The molecule has 0 aliphatic carbocycles. The van der Waals surface area contributed by atoms with Crippen LogP contribution in [0, 0.1) is 11.6 Å². The Morgan fingerprint density at radius 1 is 1.00 bits per heavy atom. The van der Waals surface area contributed by atoms with Crippen molar-refractivity contribution in [2.75, 3.05) is 19.7 Å². The van der Waals surface area contributed by atoms with Crippen LogP contribution in [0.2, 0.25) is 0 Å². The number of aliphatic hydroxyl groups is 1. The highest BCUT2D eigenvalue weighted by atomic mass is 19.1. The number of para-hydroxylation sites is 1. The first kappa shape index (κ1) is 22.9. The van der Waals surface area contributed by atoms with E-state index in [0.29, 0.717) is 31.8 Å². The molecule has 2 atom stereocenters. The number of halogens is 2. The third kappa shape index (κ3) is 6.84. The molecule has 0 amide bonds. The number of rotatable bonds is 10. The highest BCUT2D eigenvalue weighted by Gasteiger charge is 2.26. The molecule has 3 aromatic rings. The summed E-state index contributed by atoms with van der Waals surface area (Å²) in [5.74, 6) is 0.0759. The van der Waals surface area contributed by atoms with E-state index in [1.54, 1.807) is 18.2 Å². The molecule has 0 radical (unpaired) electrons. The normalized spacial score (nSPS) is 16.4. The van der Waals surface area contributed by atoms with E-state index in [1.807, 2.05) is 41.3 Å². The third-order valence-electron chi connectivity index (χ3n) is 5.32. The maximum absolute atomic E-state index is 13.7. The van der Waals surface area contributed by atoms with Crippen LogP contribution in [0.1, 0.15) is 17.5 Å². The molecule has 0 saturated carbocycles. The van der Waals surface area contributed by atoms with Crippen molar-refractivity contribution in [1.29, 1.82) is 0 Å². The Morgan fingerprint density at radius 2 is 1.79 bits per heavy atom. The molecule has 0 spiro atoms. The van der Waals surface area contributed by atoms with Crippen LogP contribution in [0.25, 0.3) is 0 Å². The molecular weight excluding hydrogens is 426 g/mol. The Balaban J connectivity index is 1.37. The number of hydrogen-bond acceptors (Lipinski definition) is 5. The summed E-state index contributed by atoms with van der Waals surface area (Å²) in [6.45, 7) is 1.36. The van der Waals surface area contributed by atoms with Crippen molar-refractivity contribution in [3.8, 4) is 5.75 Å². The van der Waals surface area contributed by atoms with Gasteiger partial charge in [-0.15, -0.1) is 0 Å². The van der Waals surface area contributed by atoms with Crippen LogP contribution in [0.3, 0.4) is 0 Å². The average Bonchev–Trinajstić information content (AvgIpc) is 3.27. The van der Waals surface area contributed by atoms with Gasteiger partial charge >= 0.3 is 0 Å². The molecule has 7 heteroatoms. The molecular formula is C26H26F2N2O3. The Bertz CT molecular complexity index is 1060. The summed E-state index contributed by atoms with van der Waals surface area (Å²) in [4.78, 5) is 7.62. The number of oxime groups is 1. The minimum absolute atomic E-state index is 0.131. The minimum atomic E-state index is -0.752. The van der Waals surface area contributed by atoms with E-state index in [9.17, 15) is 13.9 Å². The molecule has 172 valence electrons. The standard InChI is InChI=1S/C26H26F2N2O3/c27-21-11-9-20(10-12-21)26-14-25(33-29-26)17-30(15-19-5-4-6-22(28)13-19)16-23(31)18-32-24-7-2-1-3-8-24/h1-13,23,25,31H,14-18H2/t23-,25+/m1/s1. The zero-order valence-corrected chi connectivity index (χ0v) is 18.1. The van der Waals surface area contributed by atoms with Gasteiger partial charge in [-0.05, 0) is 47.5 Å². The minimum Gasteiger partial charge on any atom is -0.491 e. The number of aliphatic hydroxyl groups excluding tert-OH is 1. The van der Waals surface area contributed by atoms with Gasteiger partial charge in [-0.3, -0.25) is 4.90 Å². The lowest BCUT2D eigenvalue weighted by molar-refractivity contribution is 0.0213. The second-order valence-electron chi connectivity index (χ2n) is 8.08. The van der Waals surface area contributed by atoms with Crippen molar-refractivity contribution in [1.82, 2.24) is 4.90 Å². The SMILES string of the molecule is O[C@@H](COc1ccccc1)CN(Cc1cccc(F)c1)C[C@@H]1CC(c2ccc(F)cc2)=NO1. The lowest BCUT2D eigenvalue weighted by Crippen LogP contribution is -2.39. The van der Waals surface area contributed by atoms with Gasteiger partial charge in [0.25, 0.3) is 0 Å². The van der Waals surface area contributed by atoms with Crippen LogP contribution in [0.15, 0.2) is 84.0 Å². The Hall–Kier alpha value is -3.29. The Labute approximate surface area is 191 Å². The van der Waals surface area contributed by atoms with Gasteiger partial charge in [0.05, 0.1) is 5.71 Å². The molecule has 1 aliphatic rings. The van der Waals surface area contributed by atoms with E-state index >= 15 is 0 Å². The zero-order chi connectivity index (χ0) is 23.0. The fourth-order valence-corrected chi connectivity index (χ4v) is 3.78. The van der Waals surface area contributed by atoms with Gasteiger partial charge in [0.2, 0.25) is 0 Å². The van der Waals surface area contributed by atoms with Gasteiger partial charge in [-0.25, -0.2) is 8.78 Å². The molecule has 5 nitrogen and oxygen atoms in total. The third-order valence-corrected chi connectivity index (χ3v) is 5.32. The largest absolute Gasteiger partial charge is 0.491 e. The lowest BCUT2D eigenvalue weighted by Gasteiger charge is -2.27. The summed E-state index contributed by atoms with van der Waals surface area (Å²) in [6.07, 6.45) is -0.430. The highest BCUT2D eigenvalue weighted by Crippen LogP contribution is 2.19. The predicted octanol–water partition coefficient (Wildman–Crippen LogP) is 4.40. The Kier molecular flexibility index (Phi) is 7.65. The first-order chi connectivity index (χ1) is 16.0. The molecule has 4 rings (SSSR count). The van der Waals surface area contributed by atoms with Crippen LogP contribution in [0.5, 0.6) is 5.75 Å². The van der Waals surface area contributed by atoms with Crippen molar-refractivity contribution < 1.29 is 23.5 Å². The van der Waals surface area contributed by atoms with Crippen LogP contribution < -0.4 is 4.74 Å². The fraction of sp³-hybridized carbons (Fsp3) is 0.269. The van der Waals surface area contributed by atoms with Gasteiger partial charge in [-0.1, -0.05) is 47.6 Å². The lowest BCUT2D eigenvalue weighted by atomic mass is 10.0. The maximum atomic E-state index is 13.7. The summed E-state index contributed by atoms with van der Waals surface area (Å²) >= 11 is 0. The summed E-state index contributed by atoms with van der Waals surface area (Å²) in [5, 5.41) is 14.8. The molecule has 0 fully saturated rings. The second-order valence-corrected chi connectivity index (χ2v) is 8.08. The quantitative estimate of drug-likeness (QED) is 0.496. The van der Waals surface area contributed by atoms with E-state index < -0.39 is 6.10 Å². The first-order valence-electron chi connectivity index (χ1n) is 10.9. The number of hydrogen-bond donors (Lipinski definition) is 1. The summed E-state index contributed by atoms with van der Waals surface area (Å²) in [7, 11) is 0. The average molecular weight is 453 g/mol. The van der Waals surface area contributed by atoms with Crippen molar-refractivity contribution in [3.05, 3.63) is 102 Å². The summed E-state index contributed by atoms with van der Waals surface area (Å²) in [6, 6.07) is 21.8. The predicted molar refractivity (Wildman–Crippen MR) is 122 cm³/mol. The van der Waals surface area contributed by atoms with Crippen LogP contribution >= 0.6 is 0 Å². The molecule has 0 aromatic heterocycles. The summed E-state index contributed by atoms with van der Waals surface area (Å²) in [5.41, 5.74) is 2.36. The topological polar surface area (TPSA) is 54.3 Å². The molecule has 33 heavy (non-hydrogen) atoms. The van der Waals surface area contributed by atoms with Crippen molar-refractivity contribution in [2.45, 2.75) is 25.2 Å². The first-order valence-corrected chi connectivity index (χ1v) is 10.9. The molecule has 1 heterocycles. The van der Waals surface area contributed by atoms with Crippen LogP contribution in [-0.2, 0) is 11.4 Å². The molecule has 0 unspecified atom stereocenters. The monoisotopic (exact) mass is 452 g/mol. The molecule has 0 saturated heterocycles. The van der Waals surface area contributed by atoms with Crippen molar-refractivity contribution >= 4 is 5.71 Å². The van der Waals surface area contributed by atoms with E-state index in [4.69, 9.17) is 9.57 Å². The molecule has 3 aromatic carbocycles. The van der Waals surface area contributed by atoms with E-state index in [-0.39, 0.29) is 24.3 Å². The molecule has 1 N–H and O–H groups in total. The van der Waals surface area contributed by atoms with Gasteiger partial charge in [0.15, 0.2) is 0 Å². The van der Waals surface area contributed by atoms with Gasteiger partial charge in [-0.2, -0.15) is 0 Å². The number of nitrogens with zero attached hydrogens (tertiary/aromatic N) is 2. The van der Waals surface area contributed by atoms with E-state index in [1.165, 1.54) is 24.3 Å². The zero-order valence-electron chi connectivity index (χ0n) is 18.1. The van der Waals surface area contributed by atoms with E-state index in [0.717, 1.165) is 16.8 Å². The summed E-state index contributed by atoms with van der Waals surface area (Å²) < 4.78 is 32.6. The maximum Gasteiger partial charge on any atom is 0.145 e. The van der Waals surface area contributed by atoms with Gasteiger partial charge in [0.1, 0.15) is 36.2 Å². The fourth-order valence-electron chi connectivity index (χ4n) is 3.78. The Morgan fingerprint density at radius 3 is 2.55 bits per heavy atom. The number of ether oxygens (including phenoxy) is 1. The number of benzene rings is 3. The van der Waals surface area contributed by atoms with E-state index in [2.05, 4.69) is 5.16 Å². The smallest absolute Gasteiger partial charge is 0.145 e. The molecule has 0 bridgehead atoms.